The second-order valence-corrected chi connectivity index (χ2v) is 9.83. The van der Waals surface area contributed by atoms with Gasteiger partial charge in [-0.1, -0.05) is 13.0 Å². The first-order valence-electron chi connectivity index (χ1n) is 10.7. The Morgan fingerprint density at radius 1 is 1.16 bits per heavy atom. The number of hydrogen-bond acceptors (Lipinski definition) is 6. The Balaban J connectivity index is 1.64. The monoisotopic (exact) mass is 464 g/mol. The maximum atomic E-state index is 12.9. The summed E-state index contributed by atoms with van der Waals surface area (Å²) < 4.78 is 28.7. The first kappa shape index (κ1) is 24.0. The Hall–Kier alpha value is -2.63. The van der Waals surface area contributed by atoms with E-state index in [4.69, 9.17) is 0 Å². The molecule has 0 radical (unpaired) electrons. The van der Waals surface area contributed by atoms with E-state index in [-0.39, 0.29) is 36.6 Å². The van der Waals surface area contributed by atoms with Crippen LogP contribution in [0.15, 0.2) is 18.2 Å². The second-order valence-electron chi connectivity index (χ2n) is 8.13. The maximum absolute atomic E-state index is 12.9. The predicted octanol–water partition coefficient (Wildman–Crippen LogP) is 0.585. The normalized spacial score (nSPS) is 19.2. The molecule has 2 N–H and O–H groups in total. The van der Waals surface area contributed by atoms with Crippen LogP contribution < -0.4 is 10.0 Å². The van der Waals surface area contributed by atoms with Crippen LogP contribution in [0, 0.1) is 0 Å². The number of nitrogens with zero attached hydrogens (tertiary/aromatic N) is 2. The van der Waals surface area contributed by atoms with E-state index in [1.807, 2.05) is 13.8 Å². The topological polar surface area (TPSA) is 133 Å². The van der Waals surface area contributed by atoms with E-state index >= 15 is 0 Å². The van der Waals surface area contributed by atoms with Gasteiger partial charge in [0.2, 0.25) is 11.8 Å². The molecular formula is C21H28N4O6S. The van der Waals surface area contributed by atoms with Gasteiger partial charge in [0.05, 0.1) is 11.1 Å². The SMILES string of the molecule is CCN(C(C)C)S(=O)(=O)NCCCc1ccc2c(c1)C(=O)N(C1CCC(=O)NC1=O)C2=O. The fraction of sp³-hybridized carbons (Fsp3) is 0.524. The quantitative estimate of drug-likeness (QED) is 0.406. The number of amides is 4. The number of aryl methyl sites for hydroxylation is 1. The van der Waals surface area contributed by atoms with Crippen molar-refractivity contribution in [1.29, 1.82) is 0 Å². The van der Waals surface area contributed by atoms with E-state index in [0.717, 1.165) is 10.5 Å². The van der Waals surface area contributed by atoms with E-state index in [1.54, 1.807) is 25.1 Å². The smallest absolute Gasteiger partial charge is 0.279 e. The summed E-state index contributed by atoms with van der Waals surface area (Å²) in [5.74, 6) is -2.17. The molecule has 2 aliphatic heterocycles. The lowest BCUT2D eigenvalue weighted by atomic mass is 10.0. The Bertz CT molecular complexity index is 1050. The van der Waals surface area contributed by atoms with E-state index in [1.165, 1.54) is 4.31 Å². The zero-order valence-electron chi connectivity index (χ0n) is 18.4. The molecule has 1 aromatic rings. The molecule has 3 rings (SSSR count). The van der Waals surface area contributed by atoms with Gasteiger partial charge in [0.1, 0.15) is 6.04 Å². The number of benzene rings is 1. The third-order valence-electron chi connectivity index (χ3n) is 5.63. The minimum atomic E-state index is -3.56. The average molecular weight is 465 g/mol. The van der Waals surface area contributed by atoms with E-state index in [9.17, 15) is 27.6 Å². The summed E-state index contributed by atoms with van der Waals surface area (Å²) in [7, 11) is -3.56. The number of rotatable bonds is 9. The van der Waals surface area contributed by atoms with Gasteiger partial charge in [0, 0.05) is 25.6 Å². The molecular weight excluding hydrogens is 436 g/mol. The van der Waals surface area contributed by atoms with Crippen LogP contribution in [0.2, 0.25) is 0 Å². The van der Waals surface area contributed by atoms with Gasteiger partial charge in [-0.25, -0.2) is 4.72 Å². The van der Waals surface area contributed by atoms with Crippen LogP contribution >= 0.6 is 0 Å². The van der Waals surface area contributed by atoms with Crippen molar-refractivity contribution in [3.63, 3.8) is 0 Å². The van der Waals surface area contributed by atoms with Crippen LogP contribution in [-0.4, -0.2) is 66.4 Å². The Kier molecular flexibility index (Phi) is 7.11. The maximum Gasteiger partial charge on any atom is 0.279 e. The highest BCUT2D eigenvalue weighted by atomic mass is 32.2. The number of hydrogen-bond donors (Lipinski definition) is 2. The van der Waals surface area contributed by atoms with Crippen LogP contribution in [0.4, 0.5) is 0 Å². The van der Waals surface area contributed by atoms with Gasteiger partial charge >= 0.3 is 0 Å². The zero-order valence-corrected chi connectivity index (χ0v) is 19.2. The summed E-state index contributed by atoms with van der Waals surface area (Å²) in [5.41, 5.74) is 1.22. The second kappa shape index (κ2) is 9.47. The van der Waals surface area contributed by atoms with Crippen molar-refractivity contribution in [2.24, 2.45) is 0 Å². The van der Waals surface area contributed by atoms with Crippen LogP contribution in [0.3, 0.4) is 0 Å². The highest BCUT2D eigenvalue weighted by Crippen LogP contribution is 2.28. The summed E-state index contributed by atoms with van der Waals surface area (Å²) in [5, 5.41) is 2.17. The highest BCUT2D eigenvalue weighted by Gasteiger charge is 2.44. The van der Waals surface area contributed by atoms with Gasteiger partial charge in [0.15, 0.2) is 0 Å². The van der Waals surface area contributed by atoms with Gasteiger partial charge in [-0.3, -0.25) is 29.4 Å². The lowest BCUT2D eigenvalue weighted by molar-refractivity contribution is -0.136. The van der Waals surface area contributed by atoms with Gasteiger partial charge in [-0.2, -0.15) is 12.7 Å². The Labute approximate surface area is 187 Å². The number of carbonyl (C=O) groups excluding carboxylic acids is 4. The number of piperidine rings is 1. The molecule has 11 heteroatoms. The lowest BCUT2D eigenvalue weighted by Crippen LogP contribution is -2.54. The van der Waals surface area contributed by atoms with Gasteiger partial charge in [0.25, 0.3) is 22.0 Å². The summed E-state index contributed by atoms with van der Waals surface area (Å²) in [6, 6.07) is 3.74. The van der Waals surface area contributed by atoms with Crippen molar-refractivity contribution in [3.8, 4) is 0 Å². The number of fused-ring (bicyclic) bond motifs is 1. The molecule has 0 spiro atoms. The van der Waals surface area contributed by atoms with Crippen LogP contribution in [0.1, 0.15) is 66.3 Å². The third kappa shape index (κ3) is 4.74. The van der Waals surface area contributed by atoms with Gasteiger partial charge < -0.3 is 0 Å². The van der Waals surface area contributed by atoms with Crippen molar-refractivity contribution in [2.75, 3.05) is 13.1 Å². The molecule has 0 bridgehead atoms. The molecule has 174 valence electrons. The van der Waals surface area contributed by atoms with E-state index < -0.39 is 39.9 Å². The molecule has 10 nitrogen and oxygen atoms in total. The Morgan fingerprint density at radius 2 is 1.84 bits per heavy atom. The zero-order chi connectivity index (χ0) is 23.6. The molecule has 1 atom stereocenters. The average Bonchev–Trinajstić information content (AvgIpc) is 2.96. The molecule has 1 saturated heterocycles. The van der Waals surface area contributed by atoms with E-state index in [2.05, 4.69) is 10.0 Å². The van der Waals surface area contributed by atoms with Crippen molar-refractivity contribution < 1.29 is 27.6 Å². The first-order chi connectivity index (χ1) is 15.1. The lowest BCUT2D eigenvalue weighted by Gasteiger charge is -2.27. The third-order valence-corrected chi connectivity index (χ3v) is 7.49. The predicted molar refractivity (Wildman–Crippen MR) is 116 cm³/mol. The largest absolute Gasteiger partial charge is 0.295 e. The van der Waals surface area contributed by atoms with Crippen molar-refractivity contribution >= 4 is 33.8 Å². The molecule has 2 aliphatic rings. The summed E-state index contributed by atoms with van der Waals surface area (Å²) in [4.78, 5) is 50.0. The molecule has 0 saturated carbocycles. The number of imide groups is 2. The summed E-state index contributed by atoms with van der Waals surface area (Å²) in [6.45, 7) is 6.00. The first-order valence-corrected chi connectivity index (χ1v) is 12.1. The van der Waals surface area contributed by atoms with Crippen molar-refractivity contribution in [1.82, 2.24) is 19.2 Å². The fourth-order valence-electron chi connectivity index (χ4n) is 4.06. The highest BCUT2D eigenvalue weighted by molar-refractivity contribution is 7.87. The molecule has 32 heavy (non-hydrogen) atoms. The Morgan fingerprint density at radius 3 is 2.47 bits per heavy atom. The van der Waals surface area contributed by atoms with Crippen molar-refractivity contribution in [2.45, 2.75) is 58.5 Å². The van der Waals surface area contributed by atoms with Gasteiger partial charge in [-0.15, -0.1) is 0 Å². The summed E-state index contributed by atoms with van der Waals surface area (Å²) in [6.07, 6.45) is 1.18. The van der Waals surface area contributed by atoms with Gasteiger partial charge in [-0.05, 0) is 50.8 Å². The molecule has 2 heterocycles. The molecule has 1 aromatic carbocycles. The molecule has 1 unspecified atom stereocenters. The summed E-state index contributed by atoms with van der Waals surface area (Å²) >= 11 is 0. The standard InChI is InChI=1S/C21H28N4O6S/c1-4-24(13(2)3)32(30,31)22-11-5-6-14-7-8-15-16(12-14)21(29)25(20(15)28)17-9-10-18(26)23-19(17)27/h7-8,12-13,17,22H,4-6,9-11H2,1-3H3,(H,23,26,27). The molecule has 0 aliphatic carbocycles. The fourth-order valence-corrected chi connectivity index (χ4v) is 5.53. The minimum absolute atomic E-state index is 0.0667. The molecule has 4 amide bonds. The van der Waals surface area contributed by atoms with Crippen LogP contribution in [0.5, 0.6) is 0 Å². The number of carbonyl (C=O) groups is 4. The minimum Gasteiger partial charge on any atom is -0.295 e. The molecule has 0 aromatic heterocycles. The van der Waals surface area contributed by atoms with Crippen molar-refractivity contribution in [3.05, 3.63) is 34.9 Å². The van der Waals surface area contributed by atoms with Crippen LogP contribution in [0.25, 0.3) is 0 Å². The number of nitrogens with one attached hydrogen (secondary N) is 2. The van der Waals surface area contributed by atoms with Crippen LogP contribution in [-0.2, 0) is 26.2 Å². The molecule has 1 fully saturated rings. The van der Waals surface area contributed by atoms with E-state index in [0.29, 0.717) is 19.4 Å².